The van der Waals surface area contributed by atoms with Gasteiger partial charge in [0.25, 0.3) is 5.91 Å². The molecule has 0 atom stereocenters. The molecule has 0 saturated heterocycles. The summed E-state index contributed by atoms with van der Waals surface area (Å²) in [6.07, 6.45) is 1.23. The maximum Gasteiger partial charge on any atom is 0.358 e. The lowest BCUT2D eigenvalue weighted by molar-refractivity contribution is 0.0592. The Morgan fingerprint density at radius 1 is 1.20 bits per heavy atom. The van der Waals surface area contributed by atoms with Crippen LogP contribution in [0.15, 0.2) is 47.5 Å². The van der Waals surface area contributed by atoms with Gasteiger partial charge in [0, 0.05) is 18.7 Å². The summed E-state index contributed by atoms with van der Waals surface area (Å²) in [6.45, 7) is 0.951. The van der Waals surface area contributed by atoms with Crippen molar-refractivity contribution in [1.29, 1.82) is 0 Å². The summed E-state index contributed by atoms with van der Waals surface area (Å²) >= 11 is 2.34. The number of aromatic nitrogens is 2. The lowest BCUT2D eigenvalue weighted by Crippen LogP contribution is -2.31. The molecule has 0 saturated carbocycles. The van der Waals surface area contributed by atoms with E-state index >= 15 is 0 Å². The van der Waals surface area contributed by atoms with Gasteiger partial charge >= 0.3 is 5.97 Å². The number of esters is 1. The second-order valence-electron chi connectivity index (χ2n) is 7.57. The van der Waals surface area contributed by atoms with Crippen molar-refractivity contribution in [2.75, 3.05) is 18.6 Å². The first-order chi connectivity index (χ1) is 17.0. The van der Waals surface area contributed by atoms with E-state index in [0.717, 1.165) is 27.2 Å². The fourth-order valence-corrected chi connectivity index (χ4v) is 6.36. The van der Waals surface area contributed by atoms with Crippen LogP contribution in [0.4, 0.5) is 9.02 Å². The molecular formula is C23H17FN4O4S3. The quantitative estimate of drug-likeness (QED) is 0.279. The summed E-state index contributed by atoms with van der Waals surface area (Å²) in [7, 11) is 1.23. The zero-order valence-corrected chi connectivity index (χ0v) is 20.7. The van der Waals surface area contributed by atoms with Crippen molar-refractivity contribution in [2.24, 2.45) is 4.99 Å². The Bertz CT molecular complexity index is 1540. The highest BCUT2D eigenvalue weighted by Crippen LogP contribution is 2.32. The number of rotatable bonds is 5. The van der Waals surface area contributed by atoms with Gasteiger partial charge in [-0.15, -0.1) is 3.89 Å². The zero-order valence-electron chi connectivity index (χ0n) is 18.3. The molecule has 1 aliphatic rings. The van der Waals surface area contributed by atoms with Crippen LogP contribution in [0.25, 0.3) is 10.2 Å². The van der Waals surface area contributed by atoms with E-state index in [1.165, 1.54) is 22.4 Å². The third-order valence-corrected chi connectivity index (χ3v) is 8.31. The molecule has 0 N–H and O–H groups in total. The van der Waals surface area contributed by atoms with Crippen molar-refractivity contribution in [2.45, 2.75) is 13.0 Å². The van der Waals surface area contributed by atoms with Crippen molar-refractivity contribution < 1.29 is 23.0 Å². The van der Waals surface area contributed by atoms with Crippen molar-refractivity contribution >= 4 is 68.5 Å². The molecule has 35 heavy (non-hydrogen) atoms. The van der Waals surface area contributed by atoms with Gasteiger partial charge in [0.15, 0.2) is 29.4 Å². The summed E-state index contributed by atoms with van der Waals surface area (Å²) in [6, 6.07) is 12.7. The molecule has 4 aromatic rings. The predicted molar refractivity (Wildman–Crippen MR) is 134 cm³/mol. The van der Waals surface area contributed by atoms with Crippen LogP contribution >= 0.6 is 35.0 Å². The number of carbonyl (C=O) groups excluding carboxylic acids is 3. The predicted octanol–water partition coefficient (Wildman–Crippen LogP) is 4.44. The molecule has 5 rings (SSSR count). The van der Waals surface area contributed by atoms with E-state index in [4.69, 9.17) is 4.74 Å². The van der Waals surface area contributed by atoms with Crippen LogP contribution in [0.2, 0.25) is 0 Å². The molecule has 2 aromatic heterocycles. The number of aldehydes is 1. The van der Waals surface area contributed by atoms with Gasteiger partial charge in [-0.1, -0.05) is 46.9 Å². The molecule has 1 aliphatic heterocycles. The molecule has 0 fully saturated rings. The highest BCUT2D eigenvalue weighted by molar-refractivity contribution is 7.93. The smallest absolute Gasteiger partial charge is 0.358 e. The highest BCUT2D eigenvalue weighted by atomic mass is 32.2. The monoisotopic (exact) mass is 528 g/mol. The van der Waals surface area contributed by atoms with Crippen molar-refractivity contribution in [3.05, 3.63) is 74.5 Å². The van der Waals surface area contributed by atoms with Gasteiger partial charge in [-0.2, -0.15) is 4.99 Å². The lowest BCUT2D eigenvalue weighted by Gasteiger charge is -2.29. The molecular weight excluding hydrogens is 511 g/mol. The molecule has 0 bridgehead atoms. The number of para-hydroxylation sites is 1. The van der Waals surface area contributed by atoms with Gasteiger partial charge in [-0.25, -0.2) is 13.8 Å². The number of hydrogen-bond acceptors (Lipinski definition) is 9. The van der Waals surface area contributed by atoms with Crippen molar-refractivity contribution in [3.8, 4) is 0 Å². The number of nitrogens with zero attached hydrogens (tertiary/aromatic N) is 4. The third-order valence-electron chi connectivity index (χ3n) is 5.63. The Labute approximate surface area is 211 Å². The Morgan fingerprint density at radius 2 is 2.03 bits per heavy atom. The van der Waals surface area contributed by atoms with Crippen LogP contribution in [-0.2, 0) is 17.7 Å². The summed E-state index contributed by atoms with van der Waals surface area (Å²) in [5, 5.41) is 0.494. The average Bonchev–Trinajstić information content (AvgIpc) is 3.48. The SMILES string of the molecule is COC(=O)c1nc(N2CCc3cccc(C(=O)N=c4sc5ccccc5n4SF)c3C2)sc1C=O. The number of halogens is 1. The molecule has 0 spiro atoms. The number of ether oxygens (including phenoxy) is 1. The van der Waals surface area contributed by atoms with Gasteiger partial charge < -0.3 is 9.64 Å². The normalized spacial score (nSPS) is 13.7. The number of fused-ring (bicyclic) bond motifs is 2. The standard InChI is InChI=1S/C23H17FN4O4S3/c1-32-21(31)19-18(12-29)34-22(25-19)27-10-9-13-5-4-6-14(15(13)11-27)20(30)26-23-28(35-24)16-7-2-3-8-17(16)33-23/h2-8,12H,9-11H2,1H3. The summed E-state index contributed by atoms with van der Waals surface area (Å²) < 4.78 is 20.5. The van der Waals surface area contributed by atoms with E-state index in [0.29, 0.717) is 42.0 Å². The Morgan fingerprint density at radius 3 is 2.80 bits per heavy atom. The van der Waals surface area contributed by atoms with E-state index in [9.17, 15) is 18.3 Å². The van der Waals surface area contributed by atoms with Crippen LogP contribution in [0.5, 0.6) is 0 Å². The topological polar surface area (TPSA) is 93.9 Å². The van der Waals surface area contributed by atoms with Crippen molar-refractivity contribution in [3.63, 3.8) is 0 Å². The molecule has 2 aromatic carbocycles. The van der Waals surface area contributed by atoms with Gasteiger partial charge in [-0.3, -0.25) is 9.59 Å². The molecule has 3 heterocycles. The molecule has 1 amide bonds. The minimum absolute atomic E-state index is 0.00485. The maximum atomic E-state index is 13.7. The number of amides is 1. The van der Waals surface area contributed by atoms with Gasteiger partial charge in [0.1, 0.15) is 4.88 Å². The van der Waals surface area contributed by atoms with Crippen LogP contribution in [0.1, 0.15) is 41.6 Å². The van der Waals surface area contributed by atoms with Crippen LogP contribution in [0.3, 0.4) is 0 Å². The third kappa shape index (κ3) is 4.28. The number of hydrogen-bond donors (Lipinski definition) is 0. The van der Waals surface area contributed by atoms with E-state index in [1.807, 2.05) is 29.2 Å². The Hall–Kier alpha value is -3.35. The minimum atomic E-state index is -0.677. The first kappa shape index (κ1) is 23.4. The van der Waals surface area contributed by atoms with Gasteiger partial charge in [0.2, 0.25) is 4.80 Å². The Kier molecular flexibility index (Phi) is 6.50. The van der Waals surface area contributed by atoms with E-state index in [-0.39, 0.29) is 27.7 Å². The molecule has 0 unspecified atom stereocenters. The second-order valence-corrected chi connectivity index (χ2v) is 10.1. The maximum absolute atomic E-state index is 13.7. The number of anilines is 1. The van der Waals surface area contributed by atoms with E-state index in [2.05, 4.69) is 9.98 Å². The summed E-state index contributed by atoms with van der Waals surface area (Å²) in [5.41, 5.74) is 2.84. The average molecular weight is 529 g/mol. The first-order valence-electron chi connectivity index (χ1n) is 10.4. The largest absolute Gasteiger partial charge is 0.464 e. The summed E-state index contributed by atoms with van der Waals surface area (Å²) in [5.74, 6) is -1.15. The fraction of sp³-hybridized carbons (Fsp3) is 0.174. The number of carbonyl (C=O) groups is 3. The first-order valence-corrected chi connectivity index (χ1v) is 12.7. The Balaban J connectivity index is 1.51. The van der Waals surface area contributed by atoms with Crippen LogP contribution < -0.4 is 9.70 Å². The number of thiazole rings is 2. The summed E-state index contributed by atoms with van der Waals surface area (Å²) in [4.78, 5) is 47.6. The molecule has 8 nitrogen and oxygen atoms in total. The molecule has 0 aliphatic carbocycles. The second kappa shape index (κ2) is 9.72. The highest BCUT2D eigenvalue weighted by Gasteiger charge is 2.26. The zero-order chi connectivity index (χ0) is 24.5. The van der Waals surface area contributed by atoms with E-state index < -0.39 is 11.9 Å². The molecule has 178 valence electrons. The number of benzene rings is 2. The van der Waals surface area contributed by atoms with Gasteiger partial charge in [0.05, 0.1) is 17.3 Å². The fourth-order valence-electron chi connectivity index (χ4n) is 3.96. The minimum Gasteiger partial charge on any atom is -0.464 e. The number of methoxy groups -OCH3 is 1. The molecule has 0 radical (unpaired) electrons. The lowest BCUT2D eigenvalue weighted by atomic mass is 9.95. The van der Waals surface area contributed by atoms with Crippen LogP contribution in [-0.4, -0.2) is 40.8 Å². The van der Waals surface area contributed by atoms with Crippen LogP contribution in [0, 0.1) is 0 Å². The van der Waals surface area contributed by atoms with Gasteiger partial charge in [-0.05, 0) is 35.7 Å². The van der Waals surface area contributed by atoms with E-state index in [1.54, 1.807) is 18.2 Å². The molecule has 12 heteroatoms. The van der Waals surface area contributed by atoms with Crippen molar-refractivity contribution in [1.82, 2.24) is 8.96 Å².